The molecule has 2 aromatic rings. The van der Waals surface area contributed by atoms with Crippen LogP contribution in [-0.4, -0.2) is 67.3 Å². The van der Waals surface area contributed by atoms with Crippen molar-refractivity contribution in [2.24, 2.45) is 5.92 Å². The van der Waals surface area contributed by atoms with Crippen molar-refractivity contribution in [3.63, 3.8) is 0 Å². The van der Waals surface area contributed by atoms with Crippen LogP contribution in [0, 0.1) is 5.92 Å². The highest BCUT2D eigenvalue weighted by molar-refractivity contribution is 5.86. The fourth-order valence-electron chi connectivity index (χ4n) is 4.88. The summed E-state index contributed by atoms with van der Waals surface area (Å²) < 4.78 is 5.53. The summed E-state index contributed by atoms with van der Waals surface area (Å²) in [5, 5.41) is 14.5. The van der Waals surface area contributed by atoms with Crippen LogP contribution in [0.1, 0.15) is 36.3 Å². The molecule has 1 aliphatic heterocycles. The maximum Gasteiger partial charge on any atom is 0.407 e. The van der Waals surface area contributed by atoms with Crippen LogP contribution in [0.5, 0.6) is 0 Å². The Kier molecular flexibility index (Phi) is 7.47. The molecular formula is C26H31N3O5. The fraction of sp³-hybridized carbons (Fsp3) is 0.423. The second kappa shape index (κ2) is 10.7. The normalized spacial score (nSPS) is 18.1. The second-order valence-corrected chi connectivity index (χ2v) is 9.12. The van der Waals surface area contributed by atoms with Crippen LogP contribution < -0.4 is 10.6 Å². The molecule has 0 bridgehead atoms. The number of amides is 2. The summed E-state index contributed by atoms with van der Waals surface area (Å²) in [5.74, 6) is -1.15. The van der Waals surface area contributed by atoms with Crippen molar-refractivity contribution in [1.82, 2.24) is 15.5 Å². The molecule has 3 N–H and O–H groups in total. The van der Waals surface area contributed by atoms with Crippen LogP contribution >= 0.6 is 0 Å². The maximum absolute atomic E-state index is 12.7. The van der Waals surface area contributed by atoms with Gasteiger partial charge in [-0.15, -0.1) is 0 Å². The van der Waals surface area contributed by atoms with Gasteiger partial charge in [0.2, 0.25) is 5.91 Å². The zero-order valence-corrected chi connectivity index (χ0v) is 19.3. The Morgan fingerprint density at radius 3 is 2.32 bits per heavy atom. The lowest BCUT2D eigenvalue weighted by atomic mass is 9.98. The summed E-state index contributed by atoms with van der Waals surface area (Å²) in [7, 11) is 2.04. The summed E-state index contributed by atoms with van der Waals surface area (Å²) in [5.41, 5.74) is 4.45. The highest BCUT2D eigenvalue weighted by Crippen LogP contribution is 2.44. The molecule has 0 aromatic heterocycles. The number of hydrogen-bond acceptors (Lipinski definition) is 5. The fourth-order valence-corrected chi connectivity index (χ4v) is 4.88. The van der Waals surface area contributed by atoms with E-state index in [1.54, 1.807) is 0 Å². The monoisotopic (exact) mass is 465 g/mol. The minimum atomic E-state index is -1.02. The van der Waals surface area contributed by atoms with Crippen LogP contribution in [0.3, 0.4) is 0 Å². The number of hydrogen-bond donors (Lipinski definition) is 3. The average molecular weight is 466 g/mol. The van der Waals surface area contributed by atoms with Gasteiger partial charge in [0, 0.05) is 25.4 Å². The lowest BCUT2D eigenvalue weighted by molar-refractivity contribution is -0.137. The molecule has 2 atom stereocenters. The van der Waals surface area contributed by atoms with E-state index in [1.165, 1.54) is 0 Å². The van der Waals surface area contributed by atoms with Crippen molar-refractivity contribution in [2.75, 3.05) is 33.3 Å². The highest BCUT2D eigenvalue weighted by atomic mass is 16.5. The first-order chi connectivity index (χ1) is 16.4. The number of likely N-dealkylation sites (tertiary alicyclic amines) is 1. The Hall–Kier alpha value is -3.39. The molecule has 2 aromatic carbocycles. The number of carboxylic acid groups (broad SMARTS) is 1. The molecule has 0 spiro atoms. The minimum absolute atomic E-state index is 0.00404. The first kappa shape index (κ1) is 23.8. The van der Waals surface area contributed by atoms with Crippen LogP contribution in [0.2, 0.25) is 0 Å². The number of benzene rings is 2. The van der Waals surface area contributed by atoms with Gasteiger partial charge in [0.15, 0.2) is 0 Å². The van der Waals surface area contributed by atoms with E-state index in [0.717, 1.165) is 41.8 Å². The quantitative estimate of drug-likeness (QED) is 0.526. The van der Waals surface area contributed by atoms with Gasteiger partial charge in [-0.05, 0) is 54.6 Å². The molecule has 1 aliphatic carbocycles. The zero-order chi connectivity index (χ0) is 24.1. The molecule has 8 heteroatoms. The first-order valence-electron chi connectivity index (χ1n) is 11.7. The van der Waals surface area contributed by atoms with Gasteiger partial charge in [0.25, 0.3) is 0 Å². The Balaban J connectivity index is 1.36. The van der Waals surface area contributed by atoms with Crippen LogP contribution in [-0.2, 0) is 14.3 Å². The molecule has 1 saturated heterocycles. The van der Waals surface area contributed by atoms with E-state index >= 15 is 0 Å². The van der Waals surface area contributed by atoms with Gasteiger partial charge in [0.05, 0.1) is 0 Å². The predicted molar refractivity (Wildman–Crippen MR) is 127 cm³/mol. The first-order valence-corrected chi connectivity index (χ1v) is 11.7. The third-order valence-electron chi connectivity index (χ3n) is 6.65. The van der Waals surface area contributed by atoms with E-state index < -0.39 is 18.1 Å². The Morgan fingerprint density at radius 2 is 1.74 bits per heavy atom. The Morgan fingerprint density at radius 1 is 1.09 bits per heavy atom. The highest BCUT2D eigenvalue weighted by Gasteiger charge is 2.30. The van der Waals surface area contributed by atoms with Crippen molar-refractivity contribution in [3.8, 4) is 11.1 Å². The minimum Gasteiger partial charge on any atom is -0.481 e. The van der Waals surface area contributed by atoms with Crippen LogP contribution in [0.15, 0.2) is 48.5 Å². The summed E-state index contributed by atoms with van der Waals surface area (Å²) >= 11 is 0. The second-order valence-electron chi connectivity index (χ2n) is 9.12. The molecule has 180 valence electrons. The van der Waals surface area contributed by atoms with Gasteiger partial charge >= 0.3 is 12.1 Å². The Bertz CT molecular complexity index is 1010. The van der Waals surface area contributed by atoms with E-state index in [0.29, 0.717) is 12.5 Å². The van der Waals surface area contributed by atoms with E-state index in [2.05, 4.69) is 27.7 Å². The van der Waals surface area contributed by atoms with E-state index in [-0.39, 0.29) is 31.3 Å². The SMILES string of the molecule is CN1CCC(CNC(=O)C(CCC(=O)O)NC(=O)OCC2c3ccccc3-c3ccccc32)C1. The average Bonchev–Trinajstić information content (AvgIpc) is 3.39. The van der Waals surface area contributed by atoms with Crippen LogP contribution in [0.4, 0.5) is 4.79 Å². The van der Waals surface area contributed by atoms with Crippen molar-refractivity contribution in [3.05, 3.63) is 59.7 Å². The molecule has 1 fully saturated rings. The molecule has 1 heterocycles. The van der Waals surface area contributed by atoms with E-state index in [9.17, 15) is 14.4 Å². The van der Waals surface area contributed by atoms with Gasteiger partial charge in [-0.3, -0.25) is 9.59 Å². The molecule has 0 saturated carbocycles. The zero-order valence-electron chi connectivity index (χ0n) is 19.3. The molecular weight excluding hydrogens is 434 g/mol. The van der Waals surface area contributed by atoms with Gasteiger partial charge < -0.3 is 25.4 Å². The number of carboxylic acids is 1. The van der Waals surface area contributed by atoms with Gasteiger partial charge in [-0.1, -0.05) is 48.5 Å². The smallest absolute Gasteiger partial charge is 0.407 e. The summed E-state index contributed by atoms with van der Waals surface area (Å²) in [6.07, 6.45) is 0.0354. The third kappa shape index (κ3) is 5.56. The number of aliphatic carboxylic acids is 1. The number of nitrogens with zero attached hydrogens (tertiary/aromatic N) is 1. The number of nitrogens with one attached hydrogen (secondary N) is 2. The molecule has 2 amide bonds. The summed E-state index contributed by atoms with van der Waals surface area (Å²) in [6.45, 7) is 2.52. The molecule has 4 rings (SSSR count). The molecule has 0 radical (unpaired) electrons. The summed E-state index contributed by atoms with van der Waals surface area (Å²) in [4.78, 5) is 38.6. The lowest BCUT2D eigenvalue weighted by Crippen LogP contribution is -2.48. The van der Waals surface area contributed by atoms with E-state index in [4.69, 9.17) is 9.84 Å². The Labute approximate surface area is 199 Å². The van der Waals surface area contributed by atoms with E-state index in [1.807, 2.05) is 43.4 Å². The largest absolute Gasteiger partial charge is 0.481 e. The third-order valence-corrected chi connectivity index (χ3v) is 6.65. The molecule has 2 unspecified atom stereocenters. The number of alkyl carbamates (subject to hydrolysis) is 1. The van der Waals surface area contributed by atoms with Crippen LogP contribution in [0.25, 0.3) is 11.1 Å². The number of carbonyl (C=O) groups is 3. The number of ether oxygens (including phenoxy) is 1. The van der Waals surface area contributed by atoms with Crippen molar-refractivity contribution in [2.45, 2.75) is 31.2 Å². The lowest BCUT2D eigenvalue weighted by Gasteiger charge is -2.20. The number of fused-ring (bicyclic) bond motifs is 3. The number of rotatable bonds is 9. The topological polar surface area (TPSA) is 108 Å². The predicted octanol–water partition coefficient (Wildman–Crippen LogP) is 2.83. The number of carbonyl (C=O) groups excluding carboxylic acids is 2. The molecule has 34 heavy (non-hydrogen) atoms. The van der Waals surface area contributed by atoms with Crippen molar-refractivity contribution < 1.29 is 24.2 Å². The van der Waals surface area contributed by atoms with Gasteiger partial charge in [-0.25, -0.2) is 4.79 Å². The van der Waals surface area contributed by atoms with Gasteiger partial charge in [-0.2, -0.15) is 0 Å². The van der Waals surface area contributed by atoms with Crippen molar-refractivity contribution in [1.29, 1.82) is 0 Å². The van der Waals surface area contributed by atoms with Crippen molar-refractivity contribution >= 4 is 18.0 Å². The molecule has 8 nitrogen and oxygen atoms in total. The van der Waals surface area contributed by atoms with Gasteiger partial charge in [0.1, 0.15) is 12.6 Å². The standard InChI is InChI=1S/C26H31N3O5/c1-29-13-12-17(15-29)14-27-25(32)23(10-11-24(30)31)28-26(33)34-16-22-20-8-4-2-6-18(20)19-7-3-5-9-21(19)22/h2-9,17,22-23H,10-16H2,1H3,(H,27,32)(H,28,33)(H,30,31). The summed E-state index contributed by atoms with van der Waals surface area (Å²) in [6, 6.07) is 15.1. The maximum atomic E-state index is 12.7. The molecule has 2 aliphatic rings.